The quantitative estimate of drug-likeness (QED) is 0.698. The van der Waals surface area contributed by atoms with Crippen molar-refractivity contribution in [1.29, 1.82) is 0 Å². The van der Waals surface area contributed by atoms with E-state index in [1.54, 1.807) is 0 Å². The van der Waals surface area contributed by atoms with Crippen molar-refractivity contribution in [2.45, 2.75) is 39.7 Å². The second kappa shape index (κ2) is 8.26. The molecule has 0 aromatic heterocycles. The number of rotatable bonds is 8. The molecule has 1 atom stereocenters. The van der Waals surface area contributed by atoms with Crippen LogP contribution in [-0.2, 0) is 11.2 Å². The molecule has 2 heteroatoms. The van der Waals surface area contributed by atoms with Gasteiger partial charge in [-0.25, -0.2) is 0 Å². The van der Waals surface area contributed by atoms with Gasteiger partial charge in [-0.3, -0.25) is 0 Å². The first-order chi connectivity index (χ1) is 8.31. The summed E-state index contributed by atoms with van der Waals surface area (Å²) < 4.78 is 5.34. The van der Waals surface area contributed by atoms with E-state index in [-0.39, 0.29) is 0 Å². The highest BCUT2D eigenvalue weighted by Gasteiger charge is 2.07. The van der Waals surface area contributed by atoms with Crippen molar-refractivity contribution in [2.75, 3.05) is 19.8 Å². The first kappa shape index (κ1) is 14.2. The SMILES string of the molecule is CCOCCNC(CC)c1ccc(CC)cc1. The Bertz CT molecular complexity index is 294. The van der Waals surface area contributed by atoms with Crippen molar-refractivity contribution < 1.29 is 4.74 Å². The van der Waals surface area contributed by atoms with E-state index in [0.29, 0.717) is 6.04 Å². The minimum atomic E-state index is 0.446. The van der Waals surface area contributed by atoms with Crippen LogP contribution < -0.4 is 5.32 Å². The minimum absolute atomic E-state index is 0.446. The topological polar surface area (TPSA) is 21.3 Å². The van der Waals surface area contributed by atoms with Crippen LogP contribution in [0.4, 0.5) is 0 Å². The number of ether oxygens (including phenoxy) is 1. The molecule has 0 aliphatic rings. The fourth-order valence-electron chi connectivity index (χ4n) is 1.93. The molecule has 17 heavy (non-hydrogen) atoms. The Kier molecular flexibility index (Phi) is 6.90. The van der Waals surface area contributed by atoms with Gasteiger partial charge < -0.3 is 10.1 Å². The normalized spacial score (nSPS) is 12.6. The van der Waals surface area contributed by atoms with Gasteiger partial charge in [-0.1, -0.05) is 38.1 Å². The lowest BCUT2D eigenvalue weighted by atomic mass is 10.0. The third-order valence-electron chi connectivity index (χ3n) is 3.04. The van der Waals surface area contributed by atoms with E-state index in [0.717, 1.165) is 32.6 Å². The smallest absolute Gasteiger partial charge is 0.0590 e. The maximum absolute atomic E-state index is 5.34. The molecule has 1 aromatic rings. The molecule has 1 aromatic carbocycles. The predicted octanol–water partition coefficient (Wildman–Crippen LogP) is 3.33. The summed E-state index contributed by atoms with van der Waals surface area (Å²) in [5.74, 6) is 0. The van der Waals surface area contributed by atoms with Gasteiger partial charge in [0.05, 0.1) is 6.61 Å². The van der Waals surface area contributed by atoms with Gasteiger partial charge in [0.2, 0.25) is 0 Å². The molecule has 0 bridgehead atoms. The van der Waals surface area contributed by atoms with E-state index in [9.17, 15) is 0 Å². The van der Waals surface area contributed by atoms with Gasteiger partial charge in [-0.15, -0.1) is 0 Å². The van der Waals surface area contributed by atoms with Crippen LogP contribution in [-0.4, -0.2) is 19.8 Å². The van der Waals surface area contributed by atoms with Gasteiger partial charge in [0.1, 0.15) is 0 Å². The molecule has 0 fully saturated rings. The molecule has 1 N–H and O–H groups in total. The Morgan fingerprint density at radius 3 is 2.35 bits per heavy atom. The second-order valence-electron chi connectivity index (χ2n) is 4.21. The van der Waals surface area contributed by atoms with Crippen LogP contribution in [0.2, 0.25) is 0 Å². The average Bonchev–Trinajstić information content (AvgIpc) is 2.39. The minimum Gasteiger partial charge on any atom is -0.380 e. The molecule has 0 aliphatic heterocycles. The van der Waals surface area contributed by atoms with Gasteiger partial charge in [-0.05, 0) is 30.9 Å². The molecular formula is C15H25NO. The third-order valence-corrected chi connectivity index (χ3v) is 3.04. The summed E-state index contributed by atoms with van der Waals surface area (Å²) in [6, 6.07) is 9.37. The highest BCUT2D eigenvalue weighted by atomic mass is 16.5. The highest BCUT2D eigenvalue weighted by Crippen LogP contribution is 2.17. The summed E-state index contributed by atoms with van der Waals surface area (Å²) >= 11 is 0. The molecule has 0 radical (unpaired) electrons. The highest BCUT2D eigenvalue weighted by molar-refractivity contribution is 5.24. The van der Waals surface area contributed by atoms with E-state index in [4.69, 9.17) is 4.74 Å². The lowest BCUT2D eigenvalue weighted by Gasteiger charge is -2.17. The summed E-state index contributed by atoms with van der Waals surface area (Å²) in [5.41, 5.74) is 2.78. The van der Waals surface area contributed by atoms with Crippen LogP contribution in [0.15, 0.2) is 24.3 Å². The molecular weight excluding hydrogens is 210 g/mol. The largest absolute Gasteiger partial charge is 0.380 e. The van der Waals surface area contributed by atoms with E-state index in [2.05, 4.69) is 43.4 Å². The van der Waals surface area contributed by atoms with E-state index in [1.165, 1.54) is 11.1 Å². The molecule has 0 saturated carbocycles. The molecule has 0 spiro atoms. The Morgan fingerprint density at radius 2 is 1.82 bits per heavy atom. The van der Waals surface area contributed by atoms with Gasteiger partial charge in [-0.2, -0.15) is 0 Å². The lowest BCUT2D eigenvalue weighted by molar-refractivity contribution is 0.146. The molecule has 1 unspecified atom stereocenters. The van der Waals surface area contributed by atoms with Crippen molar-refractivity contribution >= 4 is 0 Å². The van der Waals surface area contributed by atoms with E-state index >= 15 is 0 Å². The van der Waals surface area contributed by atoms with Gasteiger partial charge in [0.25, 0.3) is 0 Å². The van der Waals surface area contributed by atoms with Gasteiger partial charge in [0, 0.05) is 19.2 Å². The van der Waals surface area contributed by atoms with Crippen molar-refractivity contribution in [3.63, 3.8) is 0 Å². The van der Waals surface area contributed by atoms with Crippen LogP contribution in [0.25, 0.3) is 0 Å². The average molecular weight is 235 g/mol. The van der Waals surface area contributed by atoms with Gasteiger partial charge in [0.15, 0.2) is 0 Å². The monoisotopic (exact) mass is 235 g/mol. The van der Waals surface area contributed by atoms with Crippen molar-refractivity contribution in [3.8, 4) is 0 Å². The molecule has 2 nitrogen and oxygen atoms in total. The summed E-state index contributed by atoms with van der Waals surface area (Å²) in [6.45, 7) is 8.94. The first-order valence-electron chi connectivity index (χ1n) is 6.71. The Labute approximate surface area is 105 Å². The molecule has 0 saturated heterocycles. The number of hydrogen-bond donors (Lipinski definition) is 1. The standard InChI is InChI=1S/C15H25NO/c1-4-13-7-9-14(10-8-13)15(5-2)16-11-12-17-6-3/h7-10,15-16H,4-6,11-12H2,1-3H3. The van der Waals surface area contributed by atoms with Crippen LogP contribution in [0, 0.1) is 0 Å². The summed E-state index contributed by atoms with van der Waals surface area (Å²) in [4.78, 5) is 0. The van der Waals surface area contributed by atoms with Crippen molar-refractivity contribution in [3.05, 3.63) is 35.4 Å². The van der Waals surface area contributed by atoms with Crippen molar-refractivity contribution in [2.24, 2.45) is 0 Å². The van der Waals surface area contributed by atoms with Crippen LogP contribution in [0.3, 0.4) is 0 Å². The maximum atomic E-state index is 5.34. The van der Waals surface area contributed by atoms with Crippen LogP contribution in [0.1, 0.15) is 44.4 Å². The number of aryl methyl sites for hydroxylation is 1. The van der Waals surface area contributed by atoms with Crippen LogP contribution >= 0.6 is 0 Å². The Morgan fingerprint density at radius 1 is 1.12 bits per heavy atom. The second-order valence-corrected chi connectivity index (χ2v) is 4.21. The van der Waals surface area contributed by atoms with Crippen molar-refractivity contribution in [1.82, 2.24) is 5.32 Å². The van der Waals surface area contributed by atoms with Gasteiger partial charge >= 0.3 is 0 Å². The fraction of sp³-hybridized carbons (Fsp3) is 0.600. The molecule has 0 amide bonds. The summed E-state index contributed by atoms with van der Waals surface area (Å²) in [5, 5.41) is 3.53. The maximum Gasteiger partial charge on any atom is 0.0590 e. The number of benzene rings is 1. The Balaban J connectivity index is 2.47. The molecule has 0 heterocycles. The summed E-state index contributed by atoms with van der Waals surface area (Å²) in [7, 11) is 0. The zero-order valence-corrected chi connectivity index (χ0v) is 11.3. The third kappa shape index (κ3) is 4.88. The lowest BCUT2D eigenvalue weighted by Crippen LogP contribution is -2.24. The number of hydrogen-bond acceptors (Lipinski definition) is 2. The Hall–Kier alpha value is -0.860. The molecule has 0 aliphatic carbocycles. The zero-order valence-electron chi connectivity index (χ0n) is 11.3. The number of nitrogens with one attached hydrogen (secondary N) is 1. The molecule has 1 rings (SSSR count). The van der Waals surface area contributed by atoms with Crippen LogP contribution in [0.5, 0.6) is 0 Å². The van der Waals surface area contributed by atoms with E-state index in [1.807, 2.05) is 6.92 Å². The van der Waals surface area contributed by atoms with E-state index < -0.39 is 0 Å². The molecule has 96 valence electrons. The fourth-order valence-corrected chi connectivity index (χ4v) is 1.93. The first-order valence-corrected chi connectivity index (χ1v) is 6.71. The zero-order chi connectivity index (χ0) is 12.5. The summed E-state index contributed by atoms with van der Waals surface area (Å²) in [6.07, 6.45) is 2.21. The predicted molar refractivity (Wildman–Crippen MR) is 73.3 cm³/mol.